The largest absolute Gasteiger partial charge is 0.357 e. The molecule has 3 aromatic heterocycles. The van der Waals surface area contributed by atoms with Gasteiger partial charge in [0.2, 0.25) is 11.7 Å². The Bertz CT molecular complexity index is 1120. The fourth-order valence-corrected chi connectivity index (χ4v) is 4.17. The third-order valence-corrected chi connectivity index (χ3v) is 5.75. The number of pyridine rings is 1. The molecule has 28 heavy (non-hydrogen) atoms. The molecule has 1 N–H and O–H groups in total. The van der Waals surface area contributed by atoms with Gasteiger partial charge in [-0.2, -0.15) is 4.98 Å². The summed E-state index contributed by atoms with van der Waals surface area (Å²) in [5.74, 6) is 1.29. The summed E-state index contributed by atoms with van der Waals surface area (Å²) in [6, 6.07) is 9.89. The first-order valence-corrected chi connectivity index (χ1v) is 9.81. The summed E-state index contributed by atoms with van der Waals surface area (Å²) in [5, 5.41) is 6.11. The maximum atomic E-state index is 6.17. The Kier molecular flexibility index (Phi) is 4.37. The highest BCUT2D eigenvalue weighted by atomic mass is 35.5. The van der Waals surface area contributed by atoms with Gasteiger partial charge >= 0.3 is 0 Å². The van der Waals surface area contributed by atoms with Gasteiger partial charge in [-0.3, -0.25) is 9.88 Å². The van der Waals surface area contributed by atoms with Crippen LogP contribution in [-0.2, 0) is 6.54 Å². The smallest absolute Gasteiger partial charge is 0.244 e. The summed E-state index contributed by atoms with van der Waals surface area (Å²) in [4.78, 5) is 14.6. The Morgan fingerprint density at radius 1 is 1.25 bits per heavy atom. The molecule has 1 aliphatic heterocycles. The lowest BCUT2D eigenvalue weighted by Crippen LogP contribution is -2.23. The Morgan fingerprint density at radius 3 is 2.96 bits per heavy atom. The zero-order valence-electron chi connectivity index (χ0n) is 15.5. The van der Waals surface area contributed by atoms with Crippen LogP contribution in [-0.4, -0.2) is 31.6 Å². The molecule has 0 saturated carbocycles. The fourth-order valence-electron chi connectivity index (χ4n) is 4.00. The molecule has 1 fully saturated rings. The molecule has 7 heteroatoms. The minimum atomic E-state index is 0.137. The number of likely N-dealkylation sites (tertiary alicyclic amines) is 1. The number of fused-ring (bicyclic) bond motifs is 1. The van der Waals surface area contributed by atoms with Crippen LogP contribution in [0.2, 0.25) is 5.02 Å². The van der Waals surface area contributed by atoms with Gasteiger partial charge in [-0.05, 0) is 62.2 Å². The molecule has 6 nitrogen and oxygen atoms in total. The van der Waals surface area contributed by atoms with E-state index in [1.165, 1.54) is 16.6 Å². The topological polar surface area (TPSA) is 70.8 Å². The van der Waals surface area contributed by atoms with E-state index >= 15 is 0 Å². The van der Waals surface area contributed by atoms with Gasteiger partial charge in [0.05, 0.1) is 6.04 Å². The van der Waals surface area contributed by atoms with Crippen LogP contribution in [0.3, 0.4) is 0 Å². The van der Waals surface area contributed by atoms with Crippen LogP contribution < -0.4 is 0 Å². The lowest BCUT2D eigenvalue weighted by molar-refractivity contribution is 0.199. The standard InChI is InChI=1S/C21H20ClN5O/c1-13-16-11-15(22)4-5-17(16)24-18(13)12-27-10-2-3-19(27)21-25-20(26-28-21)14-6-8-23-9-7-14/h4-9,11,19,24H,2-3,10,12H2,1H3/t19-/m0/s1. The van der Waals surface area contributed by atoms with E-state index in [1.807, 2.05) is 30.3 Å². The Labute approximate surface area is 167 Å². The maximum absolute atomic E-state index is 6.17. The molecule has 0 spiro atoms. The number of hydrogen-bond acceptors (Lipinski definition) is 5. The molecular weight excluding hydrogens is 374 g/mol. The third-order valence-electron chi connectivity index (χ3n) is 5.51. The molecule has 1 aliphatic rings. The van der Waals surface area contributed by atoms with E-state index in [-0.39, 0.29) is 6.04 Å². The zero-order chi connectivity index (χ0) is 19.1. The molecule has 142 valence electrons. The second kappa shape index (κ2) is 7.04. The molecule has 0 amide bonds. The number of aromatic amines is 1. The Hall–Kier alpha value is -2.70. The highest BCUT2D eigenvalue weighted by Crippen LogP contribution is 2.34. The van der Waals surface area contributed by atoms with Gasteiger partial charge < -0.3 is 9.51 Å². The number of H-pyrrole nitrogens is 1. The predicted molar refractivity (Wildman–Crippen MR) is 108 cm³/mol. The number of nitrogens with one attached hydrogen (secondary N) is 1. The van der Waals surface area contributed by atoms with Crippen molar-refractivity contribution in [2.45, 2.75) is 32.4 Å². The molecule has 1 saturated heterocycles. The Morgan fingerprint density at radius 2 is 2.11 bits per heavy atom. The van der Waals surface area contributed by atoms with Crippen molar-refractivity contribution >= 4 is 22.5 Å². The van der Waals surface area contributed by atoms with Crippen LogP contribution >= 0.6 is 11.6 Å². The lowest BCUT2D eigenvalue weighted by Gasteiger charge is -2.21. The normalized spacial score (nSPS) is 17.6. The minimum absolute atomic E-state index is 0.137. The van der Waals surface area contributed by atoms with Gasteiger partial charge in [0.1, 0.15) is 0 Å². The minimum Gasteiger partial charge on any atom is -0.357 e. The summed E-state index contributed by atoms with van der Waals surface area (Å²) in [6.45, 7) is 3.97. The van der Waals surface area contributed by atoms with Gasteiger partial charge in [-0.15, -0.1) is 0 Å². The van der Waals surface area contributed by atoms with E-state index in [0.717, 1.165) is 42.0 Å². The van der Waals surface area contributed by atoms with Crippen LogP contribution in [0.25, 0.3) is 22.3 Å². The number of aromatic nitrogens is 4. The number of nitrogens with zero attached hydrogens (tertiary/aromatic N) is 4. The van der Waals surface area contributed by atoms with Crippen LogP contribution in [0.15, 0.2) is 47.2 Å². The summed E-state index contributed by atoms with van der Waals surface area (Å²) in [5.41, 5.74) is 4.48. The molecule has 1 atom stereocenters. The van der Waals surface area contributed by atoms with Crippen molar-refractivity contribution in [2.24, 2.45) is 0 Å². The first kappa shape index (κ1) is 17.4. The molecule has 4 heterocycles. The quantitative estimate of drug-likeness (QED) is 0.533. The van der Waals surface area contributed by atoms with Crippen LogP contribution in [0.4, 0.5) is 0 Å². The van der Waals surface area contributed by atoms with Crippen molar-refractivity contribution in [2.75, 3.05) is 6.54 Å². The van der Waals surface area contributed by atoms with Crippen molar-refractivity contribution in [3.8, 4) is 11.4 Å². The number of hydrogen-bond donors (Lipinski definition) is 1. The van der Waals surface area contributed by atoms with Gasteiger partial charge in [0.25, 0.3) is 0 Å². The molecule has 1 aromatic carbocycles. The summed E-state index contributed by atoms with van der Waals surface area (Å²) >= 11 is 6.17. The van der Waals surface area contributed by atoms with Crippen LogP contribution in [0.1, 0.15) is 36.0 Å². The second-order valence-corrected chi connectivity index (χ2v) is 7.68. The fraction of sp³-hybridized carbons (Fsp3) is 0.286. The molecule has 0 radical (unpaired) electrons. The van der Waals surface area contributed by atoms with E-state index < -0.39 is 0 Å². The van der Waals surface area contributed by atoms with Crippen molar-refractivity contribution < 1.29 is 4.52 Å². The molecule has 0 aliphatic carbocycles. The highest BCUT2D eigenvalue weighted by molar-refractivity contribution is 6.31. The van der Waals surface area contributed by atoms with E-state index in [4.69, 9.17) is 16.1 Å². The van der Waals surface area contributed by atoms with E-state index in [9.17, 15) is 0 Å². The van der Waals surface area contributed by atoms with Gasteiger partial charge in [-0.1, -0.05) is 16.8 Å². The predicted octanol–water partition coefficient (Wildman–Crippen LogP) is 4.91. The SMILES string of the molecule is Cc1c(CN2CCC[C@H]2c2nc(-c3ccncc3)no2)[nH]c2ccc(Cl)cc12. The first-order chi connectivity index (χ1) is 13.7. The lowest BCUT2D eigenvalue weighted by atomic mass is 10.1. The van der Waals surface area contributed by atoms with Crippen molar-refractivity contribution in [1.29, 1.82) is 0 Å². The molecule has 0 unspecified atom stereocenters. The third kappa shape index (κ3) is 3.08. The maximum Gasteiger partial charge on any atom is 0.244 e. The average molecular weight is 394 g/mol. The summed E-state index contributed by atoms with van der Waals surface area (Å²) in [6.07, 6.45) is 5.60. The number of benzene rings is 1. The number of aryl methyl sites for hydroxylation is 1. The first-order valence-electron chi connectivity index (χ1n) is 9.44. The van der Waals surface area contributed by atoms with Crippen LogP contribution in [0, 0.1) is 6.92 Å². The molecule has 5 rings (SSSR count). The van der Waals surface area contributed by atoms with Gasteiger partial charge in [0.15, 0.2) is 0 Å². The monoisotopic (exact) mass is 393 g/mol. The van der Waals surface area contributed by atoms with E-state index in [1.54, 1.807) is 12.4 Å². The van der Waals surface area contributed by atoms with Gasteiger partial charge in [0, 0.05) is 46.1 Å². The average Bonchev–Trinajstić information content (AvgIpc) is 3.43. The van der Waals surface area contributed by atoms with E-state index in [0.29, 0.717) is 11.7 Å². The van der Waals surface area contributed by atoms with Gasteiger partial charge in [-0.25, -0.2) is 0 Å². The number of halogens is 1. The molecular formula is C21H20ClN5O. The summed E-state index contributed by atoms with van der Waals surface area (Å²) < 4.78 is 5.63. The molecule has 0 bridgehead atoms. The van der Waals surface area contributed by atoms with Crippen molar-refractivity contribution in [3.63, 3.8) is 0 Å². The number of rotatable bonds is 4. The van der Waals surface area contributed by atoms with Crippen LogP contribution in [0.5, 0.6) is 0 Å². The molecule has 4 aromatic rings. The highest BCUT2D eigenvalue weighted by Gasteiger charge is 2.31. The van der Waals surface area contributed by atoms with E-state index in [2.05, 4.69) is 31.9 Å². The van der Waals surface area contributed by atoms with Crippen molar-refractivity contribution in [1.82, 2.24) is 25.0 Å². The second-order valence-electron chi connectivity index (χ2n) is 7.24. The Balaban J connectivity index is 1.41. The van der Waals surface area contributed by atoms with Crippen molar-refractivity contribution in [3.05, 3.63) is 64.9 Å². The zero-order valence-corrected chi connectivity index (χ0v) is 16.3. The summed E-state index contributed by atoms with van der Waals surface area (Å²) in [7, 11) is 0.